The number of carbonyl (C=O) groups is 4. The summed E-state index contributed by atoms with van der Waals surface area (Å²) in [7, 11) is 0. The molecule has 4 fully saturated rings. The van der Waals surface area contributed by atoms with E-state index >= 15 is 0 Å². The molecule has 0 amide bonds. The summed E-state index contributed by atoms with van der Waals surface area (Å²) >= 11 is 0. The normalized spacial score (nSPS) is 29.6. The van der Waals surface area contributed by atoms with Crippen LogP contribution in [0.2, 0.25) is 0 Å². The van der Waals surface area contributed by atoms with E-state index in [1.807, 2.05) is 0 Å². The largest absolute Gasteiger partial charge is 0.292 e. The first-order valence-corrected chi connectivity index (χ1v) is 18.4. The van der Waals surface area contributed by atoms with Gasteiger partial charge in [-0.2, -0.15) is 0 Å². The van der Waals surface area contributed by atoms with Crippen LogP contribution < -0.4 is 0 Å². The molecule has 0 radical (unpaired) electrons. The Kier molecular flexibility index (Phi) is 6.33. The third kappa shape index (κ3) is 4.06. The molecule has 0 saturated heterocycles. The number of nitrogens with zero attached hydrogens (tertiary/aromatic N) is 2. The van der Waals surface area contributed by atoms with Crippen LogP contribution in [0.3, 0.4) is 0 Å². The summed E-state index contributed by atoms with van der Waals surface area (Å²) in [6.07, 6.45) is 11.3. The molecular formula is C43H44N2O4. The smallest absolute Gasteiger partial charge is 0.188 e. The minimum Gasteiger partial charge on any atom is -0.292 e. The minimum atomic E-state index is -0.475. The number of hydrogen-bond donors (Lipinski definition) is 0. The Morgan fingerprint density at radius 1 is 0.469 bits per heavy atom. The number of Topliss-reactive ketones (excluding diaryl/α,β-unsaturated/α-hetero) is 4. The Morgan fingerprint density at radius 3 is 1.12 bits per heavy atom. The van der Waals surface area contributed by atoms with Crippen LogP contribution in [-0.4, -0.2) is 34.6 Å². The van der Waals surface area contributed by atoms with Crippen LogP contribution in [0, 0.1) is 23.7 Å². The lowest BCUT2D eigenvalue weighted by molar-refractivity contribution is -0.120. The highest BCUT2D eigenvalue weighted by molar-refractivity contribution is 6.71. The molecule has 4 atom stereocenters. The third-order valence-electron chi connectivity index (χ3n) is 13.5. The number of fused-ring (bicyclic) bond motifs is 7. The number of hydrogen-bond acceptors (Lipinski definition) is 6. The summed E-state index contributed by atoms with van der Waals surface area (Å²) in [6, 6.07) is 9.19. The third-order valence-corrected chi connectivity index (χ3v) is 13.5. The molecule has 0 spiro atoms. The topological polar surface area (TPSA) is 93.0 Å². The molecule has 4 saturated carbocycles. The fourth-order valence-corrected chi connectivity index (χ4v) is 10.4. The number of ketones is 4. The van der Waals surface area contributed by atoms with Crippen LogP contribution in [0.25, 0.3) is 23.3 Å². The van der Waals surface area contributed by atoms with Crippen molar-refractivity contribution in [3.05, 3.63) is 69.0 Å². The first-order valence-electron chi connectivity index (χ1n) is 18.4. The maximum absolute atomic E-state index is 13.3. The Labute approximate surface area is 288 Å². The van der Waals surface area contributed by atoms with E-state index < -0.39 is 10.8 Å². The molecule has 9 rings (SSSR count). The number of rotatable bonds is 2. The second kappa shape index (κ2) is 10.0. The molecule has 7 aliphatic carbocycles. The fraction of sp³-hybridized carbons (Fsp3) is 0.488. The van der Waals surface area contributed by atoms with Crippen LogP contribution in [0.1, 0.15) is 126 Å². The highest BCUT2D eigenvalue weighted by atomic mass is 16.2. The summed E-state index contributed by atoms with van der Waals surface area (Å²) in [6.45, 7) is 13.1. The van der Waals surface area contributed by atoms with Gasteiger partial charge in [0.25, 0.3) is 0 Å². The average molecular weight is 653 g/mol. The van der Waals surface area contributed by atoms with Crippen molar-refractivity contribution in [3.63, 3.8) is 0 Å². The Bertz CT molecular complexity index is 1900. The van der Waals surface area contributed by atoms with Gasteiger partial charge in [-0.15, -0.1) is 0 Å². The molecule has 0 N–H and O–H groups in total. The maximum Gasteiger partial charge on any atom is 0.188 e. The minimum absolute atomic E-state index is 0.0606. The predicted octanol–water partition coefficient (Wildman–Crippen LogP) is 8.06. The Morgan fingerprint density at radius 2 is 0.796 bits per heavy atom. The molecule has 0 aromatic heterocycles. The molecule has 2 aromatic rings. The SMILES string of the molecule is CC1(C)C(N=C2C(=O)C3CCCCC3C2=O)=Cc2cc3c(cc21)-c1cc2c(cc1C3(C)C)C=C(N=C1C(=O)C3CCCCC3C1=O)C2(C)C. The lowest BCUT2D eigenvalue weighted by Crippen LogP contribution is -2.22. The standard InChI is InChI=1S/C43H44N2O4/c1-41(2)31-15-21-17-33(44-35-37(46)23-11-7-8-12-24(23)38(35)47)42(3,4)29(21)19-27(31)28-20-30-22(16-32(28)41)18-34(43(30,5)6)45-36-39(48)25-13-9-10-14-26(25)40(36)49/h15-20,23-26H,7-14H2,1-6H3. The predicted molar refractivity (Wildman–Crippen MR) is 192 cm³/mol. The van der Waals surface area contributed by atoms with Gasteiger partial charge in [0.15, 0.2) is 23.1 Å². The molecule has 4 unspecified atom stereocenters. The van der Waals surface area contributed by atoms with Crippen molar-refractivity contribution in [3.8, 4) is 11.1 Å². The van der Waals surface area contributed by atoms with E-state index in [-0.39, 0.29) is 63.6 Å². The zero-order valence-corrected chi connectivity index (χ0v) is 29.5. The second-order valence-electron chi connectivity index (χ2n) is 17.3. The molecule has 2 aromatic carbocycles. The first-order chi connectivity index (χ1) is 23.2. The van der Waals surface area contributed by atoms with E-state index in [0.29, 0.717) is 0 Å². The van der Waals surface area contributed by atoms with Crippen LogP contribution in [0.4, 0.5) is 0 Å². The van der Waals surface area contributed by atoms with Gasteiger partial charge in [-0.1, -0.05) is 67.2 Å². The molecule has 0 bridgehead atoms. The first kappa shape index (κ1) is 31.0. The highest BCUT2D eigenvalue weighted by Gasteiger charge is 2.50. The van der Waals surface area contributed by atoms with Gasteiger partial charge in [0.2, 0.25) is 0 Å². The van der Waals surface area contributed by atoms with Gasteiger partial charge >= 0.3 is 0 Å². The molecule has 7 aliphatic rings. The van der Waals surface area contributed by atoms with Gasteiger partial charge in [0, 0.05) is 39.9 Å². The van der Waals surface area contributed by atoms with Crippen molar-refractivity contribution in [2.24, 2.45) is 33.7 Å². The van der Waals surface area contributed by atoms with E-state index in [4.69, 9.17) is 9.98 Å². The molecule has 49 heavy (non-hydrogen) atoms. The highest BCUT2D eigenvalue weighted by Crippen LogP contribution is 2.56. The van der Waals surface area contributed by atoms with Gasteiger partial charge in [-0.3, -0.25) is 19.2 Å². The van der Waals surface area contributed by atoms with Crippen molar-refractivity contribution >= 4 is 46.7 Å². The second-order valence-corrected chi connectivity index (χ2v) is 17.3. The van der Waals surface area contributed by atoms with Gasteiger partial charge in [-0.25, -0.2) is 9.98 Å². The van der Waals surface area contributed by atoms with Crippen molar-refractivity contribution in [2.45, 2.75) is 109 Å². The van der Waals surface area contributed by atoms with Crippen molar-refractivity contribution < 1.29 is 19.2 Å². The molecular weight excluding hydrogens is 608 g/mol. The molecule has 0 heterocycles. The number of aliphatic imine (C=N–C) groups is 2. The van der Waals surface area contributed by atoms with E-state index in [1.165, 1.54) is 22.3 Å². The summed E-state index contributed by atoms with van der Waals surface area (Å²) in [5, 5.41) is 0. The van der Waals surface area contributed by atoms with Crippen molar-refractivity contribution in [1.29, 1.82) is 0 Å². The summed E-state index contributed by atoms with van der Waals surface area (Å²) in [4.78, 5) is 63.1. The van der Waals surface area contributed by atoms with E-state index in [2.05, 4.69) is 78.0 Å². The summed E-state index contributed by atoms with van der Waals surface area (Å²) < 4.78 is 0. The van der Waals surface area contributed by atoms with Crippen LogP contribution in [-0.2, 0) is 35.4 Å². The van der Waals surface area contributed by atoms with Crippen LogP contribution in [0.5, 0.6) is 0 Å². The number of allylic oxidation sites excluding steroid dienone is 2. The summed E-state index contributed by atoms with van der Waals surface area (Å²) in [5.41, 5.74) is 10.0. The molecule has 6 heteroatoms. The van der Waals surface area contributed by atoms with Crippen LogP contribution in [0.15, 0.2) is 45.6 Å². The van der Waals surface area contributed by atoms with E-state index in [1.54, 1.807) is 0 Å². The fourth-order valence-electron chi connectivity index (χ4n) is 10.4. The Balaban J connectivity index is 1.08. The van der Waals surface area contributed by atoms with Crippen LogP contribution >= 0.6 is 0 Å². The van der Waals surface area contributed by atoms with Gasteiger partial charge in [0.1, 0.15) is 11.4 Å². The average Bonchev–Trinajstić information content (AvgIpc) is 3.73. The van der Waals surface area contributed by atoms with E-state index in [9.17, 15) is 19.2 Å². The summed E-state index contributed by atoms with van der Waals surface area (Å²) in [5.74, 6) is -1.00. The number of benzene rings is 2. The Hall–Kier alpha value is -4.06. The molecule has 0 aliphatic heterocycles. The monoisotopic (exact) mass is 652 g/mol. The quantitative estimate of drug-likeness (QED) is 0.328. The zero-order chi connectivity index (χ0) is 34.4. The maximum atomic E-state index is 13.3. The zero-order valence-electron chi connectivity index (χ0n) is 29.5. The van der Waals surface area contributed by atoms with Gasteiger partial charge in [0.05, 0.1) is 11.4 Å². The number of carbonyl (C=O) groups excluding carboxylic acids is 4. The van der Waals surface area contributed by atoms with E-state index in [0.717, 1.165) is 85.0 Å². The van der Waals surface area contributed by atoms with Crippen molar-refractivity contribution in [1.82, 2.24) is 0 Å². The van der Waals surface area contributed by atoms with Gasteiger partial charge < -0.3 is 0 Å². The van der Waals surface area contributed by atoms with Gasteiger partial charge in [-0.05, 0) is 107 Å². The molecule has 250 valence electrons. The lowest BCUT2D eigenvalue weighted by atomic mass is 9.79. The lowest BCUT2D eigenvalue weighted by Gasteiger charge is -2.25. The molecule has 6 nitrogen and oxygen atoms in total. The van der Waals surface area contributed by atoms with Crippen molar-refractivity contribution in [2.75, 3.05) is 0 Å².